The lowest BCUT2D eigenvalue weighted by Crippen LogP contribution is -2.46. The molecular formula is C22H28BN3O3. The molecule has 0 aliphatic carbocycles. The van der Waals surface area contributed by atoms with E-state index in [-0.39, 0.29) is 18.3 Å². The van der Waals surface area contributed by atoms with Crippen LogP contribution in [0.3, 0.4) is 0 Å². The third-order valence-corrected chi connectivity index (χ3v) is 6.32. The Morgan fingerprint density at radius 1 is 0.862 bits per heavy atom. The maximum atomic E-state index is 10.8. The molecule has 0 amide bonds. The number of pyridine rings is 1. The third kappa shape index (κ3) is 3.89. The van der Waals surface area contributed by atoms with E-state index in [9.17, 15) is 4.79 Å². The van der Waals surface area contributed by atoms with Crippen molar-refractivity contribution in [1.29, 1.82) is 0 Å². The molecule has 29 heavy (non-hydrogen) atoms. The van der Waals surface area contributed by atoms with Gasteiger partial charge in [-0.1, -0.05) is 12.1 Å². The smallest absolute Gasteiger partial charge is 0.399 e. The maximum absolute atomic E-state index is 10.8. The van der Waals surface area contributed by atoms with Crippen molar-refractivity contribution in [2.45, 2.75) is 38.9 Å². The quantitative estimate of drug-likeness (QED) is 0.588. The molecule has 0 saturated carbocycles. The van der Waals surface area contributed by atoms with Crippen LogP contribution in [0.5, 0.6) is 0 Å². The van der Waals surface area contributed by atoms with Gasteiger partial charge < -0.3 is 19.1 Å². The van der Waals surface area contributed by atoms with Crippen LogP contribution in [0.1, 0.15) is 38.2 Å². The van der Waals surface area contributed by atoms with E-state index in [1.807, 2.05) is 6.07 Å². The van der Waals surface area contributed by atoms with E-state index in [0.717, 1.165) is 43.6 Å². The highest BCUT2D eigenvalue weighted by Crippen LogP contribution is 2.36. The van der Waals surface area contributed by atoms with E-state index in [2.05, 4.69) is 66.7 Å². The van der Waals surface area contributed by atoms with Crippen LogP contribution in [0.25, 0.3) is 0 Å². The summed E-state index contributed by atoms with van der Waals surface area (Å²) in [5.41, 5.74) is 3.13. The van der Waals surface area contributed by atoms with E-state index >= 15 is 0 Å². The van der Waals surface area contributed by atoms with Gasteiger partial charge in [0.1, 0.15) is 5.69 Å². The molecule has 0 atom stereocenters. The maximum Gasteiger partial charge on any atom is 0.494 e. The van der Waals surface area contributed by atoms with Crippen molar-refractivity contribution in [3.05, 3.63) is 48.3 Å². The van der Waals surface area contributed by atoms with Crippen molar-refractivity contribution in [2.75, 3.05) is 36.0 Å². The van der Waals surface area contributed by atoms with Gasteiger partial charge in [0.05, 0.1) is 23.1 Å². The van der Waals surface area contributed by atoms with Crippen molar-refractivity contribution < 1.29 is 14.1 Å². The molecule has 0 spiro atoms. The molecule has 0 unspecified atom stereocenters. The molecule has 0 radical (unpaired) electrons. The summed E-state index contributed by atoms with van der Waals surface area (Å²) in [6, 6.07) is 12.2. The number of piperazine rings is 1. The lowest BCUT2D eigenvalue weighted by molar-refractivity contribution is 0.00578. The minimum atomic E-state index is -0.328. The molecule has 2 saturated heterocycles. The number of aldehydes is 1. The van der Waals surface area contributed by atoms with Crippen molar-refractivity contribution in [1.82, 2.24) is 4.98 Å². The molecule has 152 valence electrons. The minimum Gasteiger partial charge on any atom is -0.399 e. The fraction of sp³-hybridized carbons (Fsp3) is 0.455. The number of benzene rings is 1. The highest BCUT2D eigenvalue weighted by atomic mass is 16.7. The number of carbonyl (C=O) groups excluding carboxylic acids is 1. The Bertz CT molecular complexity index is 844. The van der Waals surface area contributed by atoms with Crippen molar-refractivity contribution in [2.24, 2.45) is 0 Å². The lowest BCUT2D eigenvalue weighted by Gasteiger charge is -2.37. The second-order valence-corrected chi connectivity index (χ2v) is 8.71. The van der Waals surface area contributed by atoms with E-state index in [0.29, 0.717) is 5.69 Å². The summed E-state index contributed by atoms with van der Waals surface area (Å²) < 4.78 is 12.3. The van der Waals surface area contributed by atoms with E-state index < -0.39 is 0 Å². The van der Waals surface area contributed by atoms with Gasteiger partial charge in [0.15, 0.2) is 6.29 Å². The molecule has 7 heteroatoms. The fourth-order valence-corrected chi connectivity index (χ4v) is 3.70. The number of anilines is 2. The Morgan fingerprint density at radius 3 is 1.86 bits per heavy atom. The monoisotopic (exact) mass is 393 g/mol. The molecule has 6 nitrogen and oxygen atoms in total. The zero-order chi connectivity index (χ0) is 20.6. The first-order valence-corrected chi connectivity index (χ1v) is 10.2. The van der Waals surface area contributed by atoms with Crippen LogP contribution in [0.2, 0.25) is 0 Å². The molecule has 0 N–H and O–H groups in total. The SMILES string of the molecule is CC1(C)OB(c2ccc(N3CCN(c4ccc(C=O)nc4)CC3)cc2)OC1(C)C. The van der Waals surface area contributed by atoms with E-state index in [1.165, 1.54) is 5.69 Å². The molecule has 2 aliphatic heterocycles. The Balaban J connectivity index is 1.37. The second kappa shape index (κ2) is 7.46. The molecule has 4 rings (SSSR count). The largest absolute Gasteiger partial charge is 0.494 e. The van der Waals surface area contributed by atoms with Crippen LogP contribution in [0.4, 0.5) is 11.4 Å². The van der Waals surface area contributed by atoms with Crippen LogP contribution >= 0.6 is 0 Å². The molecule has 0 bridgehead atoms. The molecule has 2 fully saturated rings. The number of rotatable bonds is 4. The summed E-state index contributed by atoms with van der Waals surface area (Å²) in [4.78, 5) is 19.6. The molecular weight excluding hydrogens is 365 g/mol. The van der Waals surface area contributed by atoms with Crippen LogP contribution in [-0.2, 0) is 9.31 Å². The number of hydrogen-bond donors (Lipinski definition) is 0. The summed E-state index contributed by atoms with van der Waals surface area (Å²) in [7, 11) is -0.326. The highest BCUT2D eigenvalue weighted by Gasteiger charge is 2.51. The summed E-state index contributed by atoms with van der Waals surface area (Å²) in [6.07, 6.45) is 2.55. The Morgan fingerprint density at radius 2 is 1.38 bits per heavy atom. The average molecular weight is 393 g/mol. The van der Waals surface area contributed by atoms with Gasteiger partial charge in [0.25, 0.3) is 0 Å². The first kappa shape index (κ1) is 19.9. The predicted molar refractivity (Wildman–Crippen MR) is 116 cm³/mol. The first-order chi connectivity index (χ1) is 13.8. The average Bonchev–Trinajstić information content (AvgIpc) is 2.95. The zero-order valence-corrected chi connectivity index (χ0v) is 17.6. The van der Waals surface area contributed by atoms with Gasteiger partial charge in [0.2, 0.25) is 0 Å². The highest BCUT2D eigenvalue weighted by molar-refractivity contribution is 6.62. The van der Waals surface area contributed by atoms with E-state index in [4.69, 9.17) is 9.31 Å². The Labute approximate surface area is 173 Å². The summed E-state index contributed by atoms with van der Waals surface area (Å²) >= 11 is 0. The van der Waals surface area contributed by atoms with Crippen LogP contribution in [0.15, 0.2) is 42.6 Å². The minimum absolute atomic E-state index is 0.326. The van der Waals surface area contributed by atoms with Crippen LogP contribution in [0, 0.1) is 0 Å². The summed E-state index contributed by atoms with van der Waals surface area (Å²) in [6.45, 7) is 12.0. The van der Waals surface area contributed by atoms with Crippen LogP contribution in [-0.4, -0.2) is 55.8 Å². The number of carbonyl (C=O) groups is 1. The van der Waals surface area contributed by atoms with Gasteiger partial charge in [-0.25, -0.2) is 0 Å². The topological polar surface area (TPSA) is 54.9 Å². The zero-order valence-electron chi connectivity index (χ0n) is 17.6. The van der Waals surface area contributed by atoms with Gasteiger partial charge in [-0.2, -0.15) is 0 Å². The standard InChI is InChI=1S/C22H28BN3O3/c1-21(2)22(3,4)29-23(28-21)17-5-8-19(9-6-17)25-11-13-26(14-12-25)20-10-7-18(16-27)24-15-20/h5-10,15-16H,11-14H2,1-4H3. The summed E-state index contributed by atoms with van der Waals surface area (Å²) in [5.74, 6) is 0. The number of aromatic nitrogens is 1. The Kier molecular flexibility index (Phi) is 5.13. The third-order valence-electron chi connectivity index (χ3n) is 6.32. The molecule has 2 aromatic rings. The second-order valence-electron chi connectivity index (χ2n) is 8.71. The van der Waals surface area contributed by atoms with Crippen LogP contribution < -0.4 is 15.3 Å². The molecule has 1 aromatic heterocycles. The number of nitrogens with zero attached hydrogens (tertiary/aromatic N) is 3. The van der Waals surface area contributed by atoms with Gasteiger partial charge in [-0.15, -0.1) is 0 Å². The molecule has 3 heterocycles. The van der Waals surface area contributed by atoms with Gasteiger partial charge in [-0.05, 0) is 57.4 Å². The van der Waals surface area contributed by atoms with Crippen molar-refractivity contribution >= 4 is 30.2 Å². The van der Waals surface area contributed by atoms with Gasteiger partial charge in [0, 0.05) is 31.9 Å². The van der Waals surface area contributed by atoms with Crippen molar-refractivity contribution in [3.8, 4) is 0 Å². The normalized spacial score (nSPS) is 20.8. The van der Waals surface area contributed by atoms with Gasteiger partial charge >= 0.3 is 7.12 Å². The fourth-order valence-electron chi connectivity index (χ4n) is 3.70. The van der Waals surface area contributed by atoms with E-state index in [1.54, 1.807) is 12.3 Å². The number of hydrogen-bond acceptors (Lipinski definition) is 6. The predicted octanol–water partition coefficient (Wildman–Crippen LogP) is 2.52. The Hall–Kier alpha value is -2.38. The van der Waals surface area contributed by atoms with Gasteiger partial charge in [-0.3, -0.25) is 9.78 Å². The molecule has 1 aromatic carbocycles. The summed E-state index contributed by atoms with van der Waals surface area (Å²) in [5, 5.41) is 0. The lowest BCUT2D eigenvalue weighted by atomic mass is 9.79. The molecule has 2 aliphatic rings. The first-order valence-electron chi connectivity index (χ1n) is 10.2. The van der Waals surface area contributed by atoms with Crippen molar-refractivity contribution in [3.63, 3.8) is 0 Å².